The number of hydrogen-bond donors (Lipinski definition) is 1. The number of thiol groups is 1. The zero-order valence-corrected chi connectivity index (χ0v) is 7.18. The maximum Gasteiger partial charge on any atom is 0.114 e. The Hall–Kier alpha value is -0.940. The molecule has 56 valence electrons. The quantitative estimate of drug-likeness (QED) is 0.632. The van der Waals surface area contributed by atoms with Gasteiger partial charge in [-0.15, -0.1) is 0 Å². The van der Waals surface area contributed by atoms with Crippen LogP contribution in [0.25, 0.3) is 0 Å². The molecule has 0 saturated heterocycles. The van der Waals surface area contributed by atoms with Crippen molar-refractivity contribution in [3.63, 3.8) is 0 Å². The Balaban J connectivity index is 3.05. The normalized spacial score (nSPS) is 12.1. The number of benzene rings is 1. The van der Waals surface area contributed by atoms with E-state index in [4.69, 9.17) is 5.26 Å². The van der Waals surface area contributed by atoms with Gasteiger partial charge in [0.05, 0.1) is 6.07 Å². The van der Waals surface area contributed by atoms with Gasteiger partial charge in [-0.3, -0.25) is 0 Å². The molecule has 1 unspecified atom stereocenters. The van der Waals surface area contributed by atoms with Crippen molar-refractivity contribution < 1.29 is 0 Å². The topological polar surface area (TPSA) is 23.8 Å². The summed E-state index contributed by atoms with van der Waals surface area (Å²) < 4.78 is 0. The van der Waals surface area contributed by atoms with Gasteiger partial charge in [-0.25, -0.2) is 0 Å². The summed E-state index contributed by atoms with van der Waals surface area (Å²) >= 11 is 4.13. The van der Waals surface area contributed by atoms with Crippen molar-refractivity contribution in [3.8, 4) is 6.07 Å². The van der Waals surface area contributed by atoms with Gasteiger partial charge in [-0.2, -0.15) is 17.9 Å². The number of nitrogens with zero attached hydrogens (tertiary/aromatic N) is 1. The van der Waals surface area contributed by atoms with E-state index in [1.165, 1.54) is 0 Å². The zero-order valence-electron chi connectivity index (χ0n) is 6.28. The maximum atomic E-state index is 8.59. The lowest BCUT2D eigenvalue weighted by atomic mass is 10.1. The third kappa shape index (κ3) is 1.75. The fraction of sp³-hybridized carbons (Fsp3) is 0.222. The second-order valence-corrected chi connectivity index (χ2v) is 2.90. The van der Waals surface area contributed by atoms with Crippen LogP contribution in [0.1, 0.15) is 16.4 Å². The Bertz CT molecular complexity index is 288. The average Bonchev–Trinajstić information content (AvgIpc) is 2.04. The van der Waals surface area contributed by atoms with E-state index >= 15 is 0 Å². The van der Waals surface area contributed by atoms with E-state index < -0.39 is 0 Å². The summed E-state index contributed by atoms with van der Waals surface area (Å²) in [7, 11) is 0. The Morgan fingerprint density at radius 3 is 2.64 bits per heavy atom. The van der Waals surface area contributed by atoms with Crippen LogP contribution in [0.3, 0.4) is 0 Å². The molecule has 0 radical (unpaired) electrons. The molecule has 1 atom stereocenters. The van der Waals surface area contributed by atoms with E-state index in [0.717, 1.165) is 11.1 Å². The highest BCUT2D eigenvalue weighted by Crippen LogP contribution is 2.21. The lowest BCUT2D eigenvalue weighted by Crippen LogP contribution is -1.89. The summed E-state index contributed by atoms with van der Waals surface area (Å²) in [6, 6.07) is 9.87. The summed E-state index contributed by atoms with van der Waals surface area (Å²) in [5.74, 6) is 0. The van der Waals surface area contributed by atoms with Crippen LogP contribution in [0, 0.1) is 18.3 Å². The molecule has 0 bridgehead atoms. The van der Waals surface area contributed by atoms with Crippen LogP contribution in [0.15, 0.2) is 24.3 Å². The van der Waals surface area contributed by atoms with Gasteiger partial charge in [0.1, 0.15) is 5.25 Å². The first-order valence-electron chi connectivity index (χ1n) is 3.39. The molecule has 0 saturated carbocycles. The largest absolute Gasteiger partial charge is 0.197 e. The predicted molar refractivity (Wildman–Crippen MR) is 48.5 cm³/mol. The Morgan fingerprint density at radius 2 is 2.09 bits per heavy atom. The Morgan fingerprint density at radius 1 is 1.45 bits per heavy atom. The van der Waals surface area contributed by atoms with Crippen molar-refractivity contribution in [3.05, 3.63) is 35.4 Å². The standard InChI is InChI=1S/C9H9NS/c1-7-4-2-3-5-8(7)9(11)6-10/h2-5,9,11H,1H3. The van der Waals surface area contributed by atoms with Crippen molar-refractivity contribution in [1.82, 2.24) is 0 Å². The minimum Gasteiger partial charge on any atom is -0.197 e. The smallest absolute Gasteiger partial charge is 0.114 e. The van der Waals surface area contributed by atoms with Crippen molar-refractivity contribution in [1.29, 1.82) is 5.26 Å². The fourth-order valence-electron chi connectivity index (χ4n) is 0.963. The predicted octanol–water partition coefficient (Wildman–Crippen LogP) is 2.49. The lowest BCUT2D eigenvalue weighted by molar-refractivity contribution is 1.19. The van der Waals surface area contributed by atoms with Gasteiger partial charge in [0.15, 0.2) is 0 Å². The molecule has 0 aliphatic heterocycles. The molecule has 0 N–H and O–H groups in total. The third-order valence-corrected chi connectivity index (χ3v) is 2.00. The molecule has 11 heavy (non-hydrogen) atoms. The van der Waals surface area contributed by atoms with E-state index in [0.29, 0.717) is 0 Å². The Kier molecular flexibility index (Phi) is 2.56. The molecule has 1 nitrogen and oxygen atoms in total. The number of rotatable bonds is 1. The highest BCUT2D eigenvalue weighted by Gasteiger charge is 2.05. The van der Waals surface area contributed by atoms with Crippen LogP contribution in [0.2, 0.25) is 0 Å². The first kappa shape index (κ1) is 8.16. The van der Waals surface area contributed by atoms with Crippen molar-refractivity contribution >= 4 is 12.6 Å². The third-order valence-electron chi connectivity index (χ3n) is 1.61. The van der Waals surface area contributed by atoms with Crippen LogP contribution < -0.4 is 0 Å². The van der Waals surface area contributed by atoms with E-state index in [2.05, 4.69) is 18.7 Å². The van der Waals surface area contributed by atoms with E-state index in [-0.39, 0.29) is 5.25 Å². The summed E-state index contributed by atoms with van der Waals surface area (Å²) in [5, 5.41) is 8.29. The number of aryl methyl sites for hydroxylation is 1. The van der Waals surface area contributed by atoms with E-state index in [1.807, 2.05) is 31.2 Å². The highest BCUT2D eigenvalue weighted by atomic mass is 32.1. The number of nitriles is 1. The Labute approximate surface area is 72.1 Å². The van der Waals surface area contributed by atoms with Crippen molar-refractivity contribution in [2.75, 3.05) is 0 Å². The first-order chi connectivity index (χ1) is 5.25. The number of hydrogen-bond acceptors (Lipinski definition) is 2. The van der Waals surface area contributed by atoms with Gasteiger partial charge in [0, 0.05) is 0 Å². The summed E-state index contributed by atoms with van der Waals surface area (Å²) in [4.78, 5) is 0. The molecule has 0 amide bonds. The molecular formula is C9H9NS. The van der Waals surface area contributed by atoms with Crippen molar-refractivity contribution in [2.24, 2.45) is 0 Å². The molecular weight excluding hydrogens is 154 g/mol. The van der Waals surface area contributed by atoms with Gasteiger partial charge < -0.3 is 0 Å². The van der Waals surface area contributed by atoms with E-state index in [9.17, 15) is 0 Å². The van der Waals surface area contributed by atoms with Crippen LogP contribution in [-0.4, -0.2) is 0 Å². The highest BCUT2D eigenvalue weighted by molar-refractivity contribution is 7.80. The molecule has 1 aromatic rings. The molecule has 1 rings (SSSR count). The maximum absolute atomic E-state index is 8.59. The SMILES string of the molecule is Cc1ccccc1C(S)C#N. The minimum atomic E-state index is -0.295. The van der Waals surface area contributed by atoms with Crippen molar-refractivity contribution in [2.45, 2.75) is 12.2 Å². The van der Waals surface area contributed by atoms with E-state index in [1.54, 1.807) is 0 Å². The molecule has 2 heteroatoms. The van der Waals surface area contributed by atoms with Gasteiger partial charge in [-0.1, -0.05) is 24.3 Å². The van der Waals surface area contributed by atoms with Crippen LogP contribution in [0.4, 0.5) is 0 Å². The average molecular weight is 163 g/mol. The summed E-state index contributed by atoms with van der Waals surface area (Å²) in [6.45, 7) is 1.98. The minimum absolute atomic E-state index is 0.295. The second kappa shape index (κ2) is 3.45. The molecule has 1 aromatic carbocycles. The molecule has 0 aliphatic carbocycles. The van der Waals surface area contributed by atoms with Gasteiger partial charge in [-0.05, 0) is 18.1 Å². The second-order valence-electron chi connectivity index (χ2n) is 2.39. The molecule has 0 spiro atoms. The van der Waals surface area contributed by atoms with Crippen LogP contribution in [0.5, 0.6) is 0 Å². The molecule has 0 heterocycles. The van der Waals surface area contributed by atoms with Gasteiger partial charge in [0.2, 0.25) is 0 Å². The zero-order chi connectivity index (χ0) is 8.27. The first-order valence-corrected chi connectivity index (χ1v) is 3.90. The molecule has 0 aliphatic rings. The van der Waals surface area contributed by atoms with Crippen LogP contribution >= 0.6 is 12.6 Å². The van der Waals surface area contributed by atoms with Crippen LogP contribution in [-0.2, 0) is 0 Å². The van der Waals surface area contributed by atoms with Gasteiger partial charge >= 0.3 is 0 Å². The summed E-state index contributed by atoms with van der Waals surface area (Å²) in [5.41, 5.74) is 2.12. The fourth-order valence-corrected chi connectivity index (χ4v) is 1.25. The lowest BCUT2D eigenvalue weighted by Gasteiger charge is -2.04. The summed E-state index contributed by atoms with van der Waals surface area (Å²) in [6.07, 6.45) is 0. The monoisotopic (exact) mass is 163 g/mol. The molecule has 0 fully saturated rings. The molecule has 0 aromatic heterocycles. The van der Waals surface area contributed by atoms with Gasteiger partial charge in [0.25, 0.3) is 0 Å².